The first-order valence-electron chi connectivity index (χ1n) is 6.07. The lowest BCUT2D eigenvalue weighted by Gasteiger charge is -2.16. The highest BCUT2D eigenvalue weighted by molar-refractivity contribution is 8.93. The molecule has 0 radical (unpaired) electrons. The minimum atomic E-state index is 0. The Hall–Kier alpha value is 5.46. The fraction of sp³-hybridized carbons (Fsp3) is 1.00. The molecule has 0 aliphatic heterocycles. The molecule has 0 amide bonds. The average molecular weight is 858 g/mol. The highest BCUT2D eigenvalue weighted by atomic mass is 79.9. The van der Waals surface area contributed by atoms with Crippen molar-refractivity contribution in [1.82, 2.24) is 0 Å². The van der Waals surface area contributed by atoms with Gasteiger partial charge in [0.2, 0.25) is 0 Å². The van der Waals surface area contributed by atoms with Crippen LogP contribution in [0.5, 0.6) is 0 Å². The molecule has 0 aromatic carbocycles. The number of unbranched alkanes of at least 4 members (excludes halogenated alkanes) is 3. The molecule has 0 bridgehead atoms. The molecule has 0 N–H and O–H groups in total. The number of rotatable bonds is 9. The second-order valence-corrected chi connectivity index (χ2v) is 6.59. The predicted molar refractivity (Wildman–Crippen MR) is 184 cm³/mol. The maximum atomic E-state index is 2.31. The van der Waals surface area contributed by atoms with Gasteiger partial charge in [0.1, 0.15) is 0 Å². The van der Waals surface area contributed by atoms with E-state index in [4.69, 9.17) is 0 Å². The predicted octanol–water partition coefficient (Wildman–Crippen LogP) is 8.63. The standard InChI is InChI=1S/C12H27P.6BrH.5H3P/c1-4-7-10-13(11-8-5-2)12-9-6-3;;;;;;;;;;;/h4-12H2,1-3H3;6*1H;5*1H3. The van der Waals surface area contributed by atoms with Gasteiger partial charge in [-0.05, 0) is 37.7 Å². The first-order chi connectivity index (χ1) is 6.35. The van der Waals surface area contributed by atoms with Gasteiger partial charge < -0.3 is 0 Å². The quantitative estimate of drug-likeness (QED) is 0.204. The van der Waals surface area contributed by atoms with Crippen LogP contribution in [0, 0.1) is 0 Å². The van der Waals surface area contributed by atoms with E-state index in [1.807, 2.05) is 0 Å². The van der Waals surface area contributed by atoms with Crippen LogP contribution in [0.3, 0.4) is 0 Å². The van der Waals surface area contributed by atoms with Crippen LogP contribution in [0.4, 0.5) is 0 Å². The molecule has 5 atom stereocenters. The Morgan fingerprint density at radius 3 is 0.708 bits per heavy atom. The maximum Gasteiger partial charge on any atom is -0.0326 e. The molecule has 0 saturated carbocycles. The van der Waals surface area contributed by atoms with Crippen molar-refractivity contribution in [2.75, 3.05) is 18.5 Å². The summed E-state index contributed by atoms with van der Waals surface area (Å²) in [6.45, 7) is 6.94. The topological polar surface area (TPSA) is 0 Å². The van der Waals surface area contributed by atoms with Crippen molar-refractivity contribution < 1.29 is 0 Å². The summed E-state index contributed by atoms with van der Waals surface area (Å²) in [5, 5.41) is 0. The van der Waals surface area contributed by atoms with E-state index in [2.05, 4.69) is 20.8 Å². The van der Waals surface area contributed by atoms with E-state index in [-0.39, 0.29) is 151 Å². The Bertz CT molecular complexity index is 103. The van der Waals surface area contributed by atoms with Gasteiger partial charge in [-0.15, -0.1) is 110 Å². The average Bonchev–Trinajstić information content (AvgIpc) is 2.17. The molecule has 0 aromatic rings. The van der Waals surface area contributed by atoms with Gasteiger partial charge in [0.15, 0.2) is 0 Å². The van der Waals surface area contributed by atoms with Gasteiger partial charge in [0, 0.05) is 0 Å². The summed E-state index contributed by atoms with van der Waals surface area (Å²) >= 11 is 0. The molecule has 0 fully saturated rings. The molecule has 5 unspecified atom stereocenters. The summed E-state index contributed by atoms with van der Waals surface area (Å²) in [6.07, 6.45) is 13.2. The van der Waals surface area contributed by atoms with E-state index in [1.165, 1.54) is 38.5 Å². The minimum Gasteiger partial charge on any atom is -0.153 e. The van der Waals surface area contributed by atoms with Crippen LogP contribution in [0.25, 0.3) is 0 Å². The van der Waals surface area contributed by atoms with Gasteiger partial charge in [-0.25, -0.2) is 0 Å². The molecule has 24 heavy (non-hydrogen) atoms. The van der Waals surface area contributed by atoms with Crippen LogP contribution in [0.15, 0.2) is 0 Å². The fourth-order valence-corrected chi connectivity index (χ4v) is 4.44. The number of hydrogen-bond acceptors (Lipinski definition) is 0. The molecule has 0 nitrogen and oxygen atoms in total. The van der Waals surface area contributed by atoms with Crippen LogP contribution in [0.2, 0.25) is 0 Å². The van der Waals surface area contributed by atoms with Gasteiger partial charge in [-0.1, -0.05) is 40.0 Å². The van der Waals surface area contributed by atoms with Crippen molar-refractivity contribution in [3.8, 4) is 0 Å². The van der Waals surface area contributed by atoms with E-state index in [0.717, 1.165) is 0 Å². The summed E-state index contributed by atoms with van der Waals surface area (Å²) in [5.41, 5.74) is 0. The summed E-state index contributed by atoms with van der Waals surface area (Å²) in [5.74, 6) is 0. The molecule has 0 saturated heterocycles. The first kappa shape index (κ1) is 78.3. The third kappa shape index (κ3) is 63.1. The molecule has 0 rings (SSSR count). The van der Waals surface area contributed by atoms with E-state index < -0.39 is 0 Å². The summed E-state index contributed by atoms with van der Waals surface area (Å²) in [4.78, 5) is 0. The molecular formula is C12H48Br6P6. The van der Waals surface area contributed by atoms with Gasteiger partial charge in [-0.3, -0.25) is 0 Å². The maximum absolute atomic E-state index is 2.31. The zero-order valence-corrected chi connectivity index (χ0v) is 34.0. The lowest BCUT2D eigenvalue weighted by atomic mass is 10.4. The van der Waals surface area contributed by atoms with Gasteiger partial charge in [-0.2, -0.15) is 49.5 Å². The Kier molecular flexibility index (Phi) is 230. The second-order valence-electron chi connectivity index (χ2n) is 3.90. The third-order valence-electron chi connectivity index (χ3n) is 2.48. The smallest absolute Gasteiger partial charge is 0.0326 e. The summed E-state index contributed by atoms with van der Waals surface area (Å²) < 4.78 is 0. The molecule has 0 aliphatic rings. The normalized spacial score (nSPS) is 6.00. The van der Waals surface area contributed by atoms with Crippen molar-refractivity contribution in [3.05, 3.63) is 0 Å². The van der Waals surface area contributed by atoms with Gasteiger partial charge in [0.25, 0.3) is 0 Å². The van der Waals surface area contributed by atoms with Gasteiger partial charge >= 0.3 is 0 Å². The van der Waals surface area contributed by atoms with E-state index in [1.54, 1.807) is 18.5 Å². The largest absolute Gasteiger partial charge is 0.153 e. The monoisotopic (exact) mass is 852 g/mol. The van der Waals surface area contributed by atoms with Crippen LogP contribution in [-0.4, -0.2) is 18.5 Å². The van der Waals surface area contributed by atoms with Crippen molar-refractivity contribution in [1.29, 1.82) is 0 Å². The van der Waals surface area contributed by atoms with Crippen molar-refractivity contribution in [3.63, 3.8) is 0 Å². The van der Waals surface area contributed by atoms with Gasteiger partial charge in [0.05, 0.1) is 0 Å². The highest BCUT2D eigenvalue weighted by Crippen LogP contribution is 2.38. The van der Waals surface area contributed by atoms with Crippen LogP contribution in [0.1, 0.15) is 59.3 Å². The Morgan fingerprint density at radius 1 is 0.417 bits per heavy atom. The lowest BCUT2D eigenvalue weighted by Crippen LogP contribution is -1.95. The molecule has 0 aromatic heterocycles. The lowest BCUT2D eigenvalue weighted by molar-refractivity contribution is 0.847. The Balaban J connectivity index is -0.0000000131. The van der Waals surface area contributed by atoms with Crippen molar-refractivity contribution >= 4 is 159 Å². The van der Waals surface area contributed by atoms with Crippen LogP contribution < -0.4 is 0 Å². The Labute approximate surface area is 234 Å². The second kappa shape index (κ2) is 70.4. The van der Waals surface area contributed by atoms with Crippen LogP contribution in [-0.2, 0) is 0 Å². The zero-order chi connectivity index (χ0) is 9.94. The molecule has 168 valence electrons. The van der Waals surface area contributed by atoms with Crippen LogP contribution >= 0.6 is 159 Å². The summed E-state index contributed by atoms with van der Waals surface area (Å²) in [6, 6.07) is 0. The van der Waals surface area contributed by atoms with E-state index >= 15 is 0 Å². The SMILES string of the molecule is Br.Br.Br.Br.Br.Br.CCCCP(CCCC)CCCC.P.P.P.P.P. The van der Waals surface area contributed by atoms with Crippen molar-refractivity contribution in [2.45, 2.75) is 59.3 Å². The number of hydrogen-bond donors (Lipinski definition) is 0. The summed E-state index contributed by atoms with van der Waals surface area (Å²) in [7, 11) is 0.422. The third-order valence-corrected chi connectivity index (χ3v) is 5.33. The molecule has 0 spiro atoms. The minimum absolute atomic E-state index is 0. The molecule has 12 heteroatoms. The molecular weight excluding hydrogens is 809 g/mol. The zero-order valence-electron chi connectivity index (χ0n) is 15.8. The fourth-order valence-electron chi connectivity index (χ4n) is 1.48. The van der Waals surface area contributed by atoms with Crippen molar-refractivity contribution in [2.24, 2.45) is 0 Å². The van der Waals surface area contributed by atoms with E-state index in [9.17, 15) is 0 Å². The molecule has 0 heterocycles. The Morgan fingerprint density at radius 2 is 0.583 bits per heavy atom. The highest BCUT2D eigenvalue weighted by Gasteiger charge is 2.05. The number of halogens is 6. The molecule has 0 aliphatic carbocycles. The first-order valence-corrected chi connectivity index (χ1v) is 7.97. The van der Waals surface area contributed by atoms with E-state index in [0.29, 0.717) is 7.92 Å².